The van der Waals surface area contributed by atoms with Crippen LogP contribution in [-0.2, 0) is 0 Å². The number of furan rings is 1. The SMILES string of the molecule is c1ccc(-c2cc(-c3ccccc3)cc(-c3c4ccccc4c(-c4cccc5c6ccccc6n(-c6ccccc6)c45)c4oc5ccccc5c34)c2)cc1. The first-order valence-electron chi connectivity index (χ1n) is 18.5. The number of para-hydroxylation sites is 4. The summed E-state index contributed by atoms with van der Waals surface area (Å²) in [6.07, 6.45) is 0. The van der Waals surface area contributed by atoms with Crippen molar-refractivity contribution >= 4 is 54.5 Å². The summed E-state index contributed by atoms with van der Waals surface area (Å²) in [5, 5.41) is 7.02. The minimum atomic E-state index is 0.878. The van der Waals surface area contributed by atoms with E-state index in [4.69, 9.17) is 4.42 Å². The topological polar surface area (TPSA) is 18.1 Å². The molecule has 0 amide bonds. The summed E-state index contributed by atoms with van der Waals surface area (Å²) >= 11 is 0. The zero-order valence-corrected chi connectivity index (χ0v) is 29.4. The van der Waals surface area contributed by atoms with Gasteiger partial charge in [-0.3, -0.25) is 0 Å². The lowest BCUT2D eigenvalue weighted by Gasteiger charge is -2.18. The van der Waals surface area contributed by atoms with Gasteiger partial charge in [-0.2, -0.15) is 0 Å². The Morgan fingerprint density at radius 3 is 1.56 bits per heavy atom. The monoisotopic (exact) mass is 687 g/mol. The standard InChI is InChI=1S/C52H33NO/c1-4-17-34(18-5-1)36-31-37(35-19-6-2-7-20-35)33-38(32-36)48-41-24-10-11-25-42(41)49(52-50(48)44-26-13-15-30-47(44)54-52)45-28-16-27-43-40-23-12-14-29-46(40)53(51(43)45)39-21-8-3-9-22-39/h1-33H. The van der Waals surface area contributed by atoms with Crippen molar-refractivity contribution in [2.75, 3.05) is 0 Å². The Balaban J connectivity index is 1.31. The molecule has 54 heavy (non-hydrogen) atoms. The minimum Gasteiger partial charge on any atom is -0.455 e. The average molecular weight is 688 g/mol. The highest BCUT2D eigenvalue weighted by molar-refractivity contribution is 6.29. The van der Waals surface area contributed by atoms with E-state index in [9.17, 15) is 0 Å². The van der Waals surface area contributed by atoms with Crippen LogP contribution in [0.3, 0.4) is 0 Å². The van der Waals surface area contributed by atoms with Crippen LogP contribution in [0.5, 0.6) is 0 Å². The van der Waals surface area contributed by atoms with Crippen molar-refractivity contribution in [2.45, 2.75) is 0 Å². The number of fused-ring (bicyclic) bond motifs is 7. The molecule has 0 N–H and O–H groups in total. The first-order chi connectivity index (χ1) is 26.8. The van der Waals surface area contributed by atoms with E-state index in [1.54, 1.807) is 0 Å². The van der Waals surface area contributed by atoms with E-state index < -0.39 is 0 Å². The van der Waals surface area contributed by atoms with Gasteiger partial charge in [0, 0.05) is 43.9 Å². The molecule has 0 spiro atoms. The van der Waals surface area contributed by atoms with Crippen LogP contribution in [0, 0.1) is 0 Å². The number of nitrogens with zero attached hydrogens (tertiary/aromatic N) is 1. The van der Waals surface area contributed by atoms with E-state index in [1.807, 2.05) is 0 Å². The number of rotatable bonds is 5. The molecule has 0 aliphatic heterocycles. The first-order valence-corrected chi connectivity index (χ1v) is 18.5. The van der Waals surface area contributed by atoms with Gasteiger partial charge in [0.05, 0.1) is 11.0 Å². The molecular formula is C52H33NO. The summed E-state index contributed by atoms with van der Waals surface area (Å²) < 4.78 is 9.52. The fourth-order valence-corrected chi connectivity index (χ4v) is 8.65. The molecule has 2 heterocycles. The molecular weight excluding hydrogens is 655 g/mol. The lowest BCUT2D eigenvalue weighted by Crippen LogP contribution is -1.96. The Morgan fingerprint density at radius 1 is 0.352 bits per heavy atom. The fourth-order valence-electron chi connectivity index (χ4n) is 8.65. The second-order valence-electron chi connectivity index (χ2n) is 14.0. The highest BCUT2D eigenvalue weighted by atomic mass is 16.3. The molecule has 0 bridgehead atoms. The minimum absolute atomic E-state index is 0.878. The van der Waals surface area contributed by atoms with Gasteiger partial charge in [0.25, 0.3) is 0 Å². The predicted molar refractivity (Wildman–Crippen MR) is 227 cm³/mol. The number of hydrogen-bond acceptors (Lipinski definition) is 1. The van der Waals surface area contributed by atoms with Crippen LogP contribution < -0.4 is 0 Å². The molecule has 2 aromatic heterocycles. The largest absolute Gasteiger partial charge is 0.455 e. The van der Waals surface area contributed by atoms with E-state index in [0.29, 0.717) is 0 Å². The Morgan fingerprint density at radius 2 is 0.870 bits per heavy atom. The zero-order valence-electron chi connectivity index (χ0n) is 29.4. The molecule has 2 nitrogen and oxygen atoms in total. The molecule has 9 aromatic carbocycles. The lowest BCUT2D eigenvalue weighted by molar-refractivity contribution is 0.670. The summed E-state index contributed by atoms with van der Waals surface area (Å²) in [6, 6.07) is 72.1. The summed E-state index contributed by atoms with van der Waals surface area (Å²) in [5.41, 5.74) is 14.6. The van der Waals surface area contributed by atoms with E-state index >= 15 is 0 Å². The number of benzene rings is 9. The Kier molecular flexibility index (Phi) is 6.90. The maximum atomic E-state index is 7.10. The second kappa shape index (κ2) is 12.2. The maximum absolute atomic E-state index is 7.10. The highest BCUT2D eigenvalue weighted by Crippen LogP contribution is 2.50. The first kappa shape index (κ1) is 30.5. The second-order valence-corrected chi connectivity index (χ2v) is 14.0. The van der Waals surface area contributed by atoms with E-state index in [-0.39, 0.29) is 0 Å². The van der Waals surface area contributed by atoms with Crippen molar-refractivity contribution in [3.8, 4) is 50.2 Å². The van der Waals surface area contributed by atoms with E-state index in [0.717, 1.165) is 49.7 Å². The Hall–Kier alpha value is -7.16. The van der Waals surface area contributed by atoms with Crippen molar-refractivity contribution in [1.82, 2.24) is 4.57 Å². The smallest absolute Gasteiger partial charge is 0.144 e. The molecule has 0 atom stereocenters. The van der Waals surface area contributed by atoms with Gasteiger partial charge in [-0.15, -0.1) is 0 Å². The molecule has 2 heteroatoms. The third-order valence-corrected chi connectivity index (χ3v) is 11.0. The number of hydrogen-bond donors (Lipinski definition) is 0. The van der Waals surface area contributed by atoms with Crippen LogP contribution in [0.1, 0.15) is 0 Å². The molecule has 0 aliphatic rings. The van der Waals surface area contributed by atoms with Crippen molar-refractivity contribution in [1.29, 1.82) is 0 Å². The van der Waals surface area contributed by atoms with Crippen LogP contribution >= 0.6 is 0 Å². The van der Waals surface area contributed by atoms with Crippen molar-refractivity contribution in [3.05, 3.63) is 200 Å². The summed E-state index contributed by atoms with van der Waals surface area (Å²) in [6.45, 7) is 0. The van der Waals surface area contributed by atoms with Crippen LogP contribution in [0.4, 0.5) is 0 Å². The molecule has 0 saturated carbocycles. The molecule has 11 aromatic rings. The number of aromatic nitrogens is 1. The third kappa shape index (κ3) is 4.67. The van der Waals surface area contributed by atoms with E-state index in [1.165, 1.54) is 55.0 Å². The van der Waals surface area contributed by atoms with Crippen molar-refractivity contribution in [3.63, 3.8) is 0 Å². The zero-order chi connectivity index (χ0) is 35.6. The summed E-state index contributed by atoms with van der Waals surface area (Å²) in [7, 11) is 0. The molecule has 0 unspecified atom stereocenters. The maximum Gasteiger partial charge on any atom is 0.144 e. The Bertz CT molecular complexity index is 3130. The van der Waals surface area contributed by atoms with Crippen LogP contribution in [0.25, 0.3) is 105 Å². The predicted octanol–water partition coefficient (Wildman–Crippen LogP) is 14.5. The van der Waals surface area contributed by atoms with Gasteiger partial charge in [0.15, 0.2) is 0 Å². The molecule has 0 fully saturated rings. The quantitative estimate of drug-likeness (QED) is 0.176. The molecule has 11 rings (SSSR count). The van der Waals surface area contributed by atoms with Gasteiger partial charge >= 0.3 is 0 Å². The highest BCUT2D eigenvalue weighted by Gasteiger charge is 2.25. The third-order valence-electron chi connectivity index (χ3n) is 11.0. The lowest BCUT2D eigenvalue weighted by atomic mass is 9.85. The van der Waals surface area contributed by atoms with Gasteiger partial charge in [0.1, 0.15) is 11.2 Å². The van der Waals surface area contributed by atoms with Gasteiger partial charge < -0.3 is 8.98 Å². The Labute approximate surface area is 312 Å². The van der Waals surface area contributed by atoms with E-state index in [2.05, 4.69) is 205 Å². The van der Waals surface area contributed by atoms with Crippen molar-refractivity contribution in [2.24, 2.45) is 0 Å². The molecule has 0 saturated heterocycles. The average Bonchev–Trinajstić information content (AvgIpc) is 3.80. The van der Waals surface area contributed by atoms with Gasteiger partial charge in [-0.25, -0.2) is 0 Å². The van der Waals surface area contributed by atoms with Crippen LogP contribution in [-0.4, -0.2) is 4.57 Å². The molecule has 0 aliphatic carbocycles. The van der Waals surface area contributed by atoms with Crippen molar-refractivity contribution < 1.29 is 4.42 Å². The summed E-state index contributed by atoms with van der Waals surface area (Å²) in [4.78, 5) is 0. The summed E-state index contributed by atoms with van der Waals surface area (Å²) in [5.74, 6) is 0. The fraction of sp³-hybridized carbons (Fsp3) is 0. The van der Waals surface area contributed by atoms with Crippen LogP contribution in [0.15, 0.2) is 205 Å². The normalized spacial score (nSPS) is 11.7. The van der Waals surface area contributed by atoms with Crippen LogP contribution in [0.2, 0.25) is 0 Å². The van der Waals surface area contributed by atoms with Gasteiger partial charge in [-0.05, 0) is 81.1 Å². The molecule has 252 valence electrons. The molecule has 0 radical (unpaired) electrons. The van der Waals surface area contributed by atoms with Gasteiger partial charge in [-0.1, -0.05) is 158 Å². The van der Waals surface area contributed by atoms with Gasteiger partial charge in [0.2, 0.25) is 0 Å².